The lowest BCUT2D eigenvalue weighted by Gasteiger charge is -2.04. The molecule has 1 aliphatic heterocycles. The van der Waals surface area contributed by atoms with Crippen molar-refractivity contribution in [2.24, 2.45) is 5.10 Å². The number of benzene rings is 2. The lowest BCUT2D eigenvalue weighted by atomic mass is 10.1. The standard InChI is InChI=1S/C19H13ClN4O3/c1-11-16(19(27)23(22-11)13-8-6-12(20)7-9-13)10-21-24-17(25)14-4-2-3-5-15(14)18(24)26/h2-10,22H,1H3. The number of carbonyl (C=O) groups is 2. The molecule has 0 atom stereocenters. The molecule has 1 aliphatic rings. The fraction of sp³-hybridized carbons (Fsp3) is 0.0526. The first-order valence-electron chi connectivity index (χ1n) is 8.06. The molecule has 1 aromatic heterocycles. The number of aromatic amines is 1. The molecule has 27 heavy (non-hydrogen) atoms. The van der Waals surface area contributed by atoms with E-state index in [1.807, 2.05) is 0 Å². The minimum absolute atomic E-state index is 0.251. The third kappa shape index (κ3) is 2.78. The number of hydrazone groups is 1. The molecule has 7 nitrogen and oxygen atoms in total. The molecule has 134 valence electrons. The number of rotatable bonds is 3. The summed E-state index contributed by atoms with van der Waals surface area (Å²) < 4.78 is 1.34. The van der Waals surface area contributed by atoms with E-state index < -0.39 is 11.8 Å². The van der Waals surface area contributed by atoms with Crippen LogP contribution in [0.5, 0.6) is 0 Å². The number of hydrogen-bond acceptors (Lipinski definition) is 4. The topological polar surface area (TPSA) is 87.5 Å². The Bertz CT molecular complexity index is 1120. The summed E-state index contributed by atoms with van der Waals surface area (Å²) >= 11 is 5.88. The number of hydrogen-bond donors (Lipinski definition) is 1. The highest BCUT2D eigenvalue weighted by molar-refractivity contribution is 6.30. The van der Waals surface area contributed by atoms with E-state index in [1.165, 1.54) is 10.9 Å². The number of nitrogens with zero attached hydrogens (tertiary/aromatic N) is 3. The van der Waals surface area contributed by atoms with Crippen molar-refractivity contribution in [1.82, 2.24) is 14.8 Å². The van der Waals surface area contributed by atoms with Crippen molar-refractivity contribution in [3.8, 4) is 5.69 Å². The van der Waals surface area contributed by atoms with E-state index in [9.17, 15) is 14.4 Å². The lowest BCUT2D eigenvalue weighted by molar-refractivity contribution is 0.0660. The molecule has 0 spiro atoms. The first-order chi connectivity index (χ1) is 13.0. The average molecular weight is 381 g/mol. The Morgan fingerprint density at radius 1 is 0.963 bits per heavy atom. The summed E-state index contributed by atoms with van der Waals surface area (Å²) in [6, 6.07) is 13.2. The summed E-state index contributed by atoms with van der Waals surface area (Å²) in [5, 5.41) is 8.24. The summed E-state index contributed by atoms with van der Waals surface area (Å²) in [5.41, 5.74) is 1.65. The Labute approximate surface area is 158 Å². The first kappa shape index (κ1) is 17.0. The maximum absolute atomic E-state index is 12.7. The van der Waals surface area contributed by atoms with Gasteiger partial charge in [0.25, 0.3) is 17.4 Å². The van der Waals surface area contributed by atoms with E-state index in [0.29, 0.717) is 27.5 Å². The predicted octanol–water partition coefficient (Wildman–Crippen LogP) is 2.76. The van der Waals surface area contributed by atoms with Gasteiger partial charge in [-0.25, -0.2) is 4.68 Å². The molecule has 0 saturated carbocycles. The fourth-order valence-electron chi connectivity index (χ4n) is 2.88. The largest absolute Gasteiger partial charge is 0.295 e. The van der Waals surface area contributed by atoms with Gasteiger partial charge in [0.05, 0.1) is 28.6 Å². The van der Waals surface area contributed by atoms with E-state index >= 15 is 0 Å². The zero-order chi connectivity index (χ0) is 19.1. The highest BCUT2D eigenvalue weighted by Crippen LogP contribution is 2.22. The third-order valence-electron chi connectivity index (χ3n) is 4.28. The van der Waals surface area contributed by atoms with Crippen LogP contribution in [0.2, 0.25) is 5.02 Å². The van der Waals surface area contributed by atoms with E-state index in [-0.39, 0.29) is 11.1 Å². The van der Waals surface area contributed by atoms with Crippen LogP contribution in [0.3, 0.4) is 0 Å². The van der Waals surface area contributed by atoms with Gasteiger partial charge in [0, 0.05) is 10.7 Å². The van der Waals surface area contributed by atoms with Crippen molar-refractivity contribution in [2.45, 2.75) is 6.92 Å². The second kappa shape index (κ2) is 6.37. The van der Waals surface area contributed by atoms with Crippen LogP contribution in [0.25, 0.3) is 5.69 Å². The zero-order valence-corrected chi connectivity index (χ0v) is 14.9. The van der Waals surface area contributed by atoms with Gasteiger partial charge in [-0.2, -0.15) is 10.1 Å². The quantitative estimate of drug-likeness (QED) is 0.559. The average Bonchev–Trinajstić information content (AvgIpc) is 3.09. The Morgan fingerprint density at radius 2 is 1.56 bits per heavy atom. The van der Waals surface area contributed by atoms with Crippen LogP contribution < -0.4 is 5.56 Å². The van der Waals surface area contributed by atoms with Gasteiger partial charge < -0.3 is 0 Å². The number of imide groups is 1. The number of carbonyl (C=O) groups excluding carboxylic acids is 2. The maximum atomic E-state index is 12.7. The predicted molar refractivity (Wildman–Crippen MR) is 101 cm³/mol. The van der Waals surface area contributed by atoms with Crippen molar-refractivity contribution in [3.63, 3.8) is 0 Å². The Kier molecular flexibility index (Phi) is 4.01. The molecule has 8 heteroatoms. The van der Waals surface area contributed by atoms with Gasteiger partial charge in [0.2, 0.25) is 0 Å². The number of fused-ring (bicyclic) bond motifs is 1. The number of halogens is 1. The van der Waals surface area contributed by atoms with E-state index in [1.54, 1.807) is 55.5 Å². The van der Waals surface area contributed by atoms with Crippen molar-refractivity contribution >= 4 is 29.6 Å². The van der Waals surface area contributed by atoms with Gasteiger partial charge in [-0.05, 0) is 43.3 Å². The second-order valence-corrected chi connectivity index (χ2v) is 6.42. The molecule has 0 bridgehead atoms. The zero-order valence-electron chi connectivity index (χ0n) is 14.1. The van der Waals surface area contributed by atoms with E-state index in [4.69, 9.17) is 11.6 Å². The van der Waals surface area contributed by atoms with Crippen LogP contribution in [0.1, 0.15) is 32.0 Å². The van der Waals surface area contributed by atoms with Gasteiger partial charge in [-0.1, -0.05) is 23.7 Å². The minimum Gasteiger partial charge on any atom is -0.295 e. The molecular weight excluding hydrogens is 368 g/mol. The van der Waals surface area contributed by atoms with Crippen LogP contribution in [0.4, 0.5) is 0 Å². The SMILES string of the molecule is Cc1[nH]n(-c2ccc(Cl)cc2)c(=O)c1C=NN1C(=O)c2ccccc2C1=O. The summed E-state index contributed by atoms with van der Waals surface area (Å²) in [5.74, 6) is -1.03. The highest BCUT2D eigenvalue weighted by Gasteiger charge is 2.35. The molecule has 2 amide bonds. The molecular formula is C19H13ClN4O3. The normalized spacial score (nSPS) is 13.6. The summed E-state index contributed by atoms with van der Waals surface area (Å²) in [4.78, 5) is 37.4. The Hall–Kier alpha value is -3.45. The van der Waals surface area contributed by atoms with Gasteiger partial charge >= 0.3 is 0 Å². The summed E-state index contributed by atoms with van der Waals surface area (Å²) in [6.45, 7) is 1.71. The number of aromatic nitrogens is 2. The van der Waals surface area contributed by atoms with Crippen LogP contribution >= 0.6 is 11.6 Å². The highest BCUT2D eigenvalue weighted by atomic mass is 35.5. The van der Waals surface area contributed by atoms with Crippen LogP contribution in [-0.4, -0.2) is 32.8 Å². The van der Waals surface area contributed by atoms with Crippen molar-refractivity contribution in [1.29, 1.82) is 0 Å². The lowest BCUT2D eigenvalue weighted by Crippen LogP contribution is -2.25. The molecule has 2 heterocycles. The molecule has 3 aromatic rings. The molecule has 0 fully saturated rings. The number of aryl methyl sites for hydroxylation is 1. The Morgan fingerprint density at radius 3 is 2.15 bits per heavy atom. The molecule has 0 unspecified atom stereocenters. The number of nitrogens with one attached hydrogen (secondary N) is 1. The van der Waals surface area contributed by atoms with Gasteiger partial charge in [-0.15, -0.1) is 0 Å². The van der Waals surface area contributed by atoms with E-state index in [2.05, 4.69) is 10.2 Å². The van der Waals surface area contributed by atoms with E-state index in [0.717, 1.165) is 5.01 Å². The summed E-state index contributed by atoms with van der Waals surface area (Å²) in [6.07, 6.45) is 1.22. The Balaban J connectivity index is 1.68. The maximum Gasteiger partial charge on any atom is 0.282 e. The molecule has 1 N–H and O–H groups in total. The van der Waals surface area contributed by atoms with Gasteiger partial charge in [0.1, 0.15) is 0 Å². The smallest absolute Gasteiger partial charge is 0.282 e. The van der Waals surface area contributed by atoms with Crippen LogP contribution in [0, 0.1) is 6.92 Å². The van der Waals surface area contributed by atoms with Gasteiger partial charge in [-0.3, -0.25) is 19.5 Å². The van der Waals surface area contributed by atoms with Crippen LogP contribution in [-0.2, 0) is 0 Å². The number of amides is 2. The third-order valence-corrected chi connectivity index (χ3v) is 4.53. The first-order valence-corrected chi connectivity index (χ1v) is 8.44. The molecule has 0 aliphatic carbocycles. The molecule has 0 saturated heterocycles. The monoisotopic (exact) mass is 380 g/mol. The molecule has 2 aromatic carbocycles. The fourth-order valence-corrected chi connectivity index (χ4v) is 3.01. The van der Waals surface area contributed by atoms with Crippen molar-refractivity contribution in [3.05, 3.63) is 86.3 Å². The van der Waals surface area contributed by atoms with Crippen molar-refractivity contribution in [2.75, 3.05) is 0 Å². The minimum atomic E-state index is -0.516. The van der Waals surface area contributed by atoms with Crippen molar-refractivity contribution < 1.29 is 9.59 Å². The van der Waals surface area contributed by atoms with Gasteiger partial charge in [0.15, 0.2) is 0 Å². The molecule has 4 rings (SSSR count). The van der Waals surface area contributed by atoms with Crippen LogP contribution in [0.15, 0.2) is 58.4 Å². The molecule has 0 radical (unpaired) electrons. The second-order valence-electron chi connectivity index (χ2n) is 5.98. The number of H-pyrrole nitrogens is 1. The summed E-state index contributed by atoms with van der Waals surface area (Å²) in [7, 11) is 0.